The lowest BCUT2D eigenvalue weighted by atomic mass is 10.1. The maximum atomic E-state index is 15.9. The number of imidazole rings is 2. The lowest BCUT2D eigenvalue weighted by Gasteiger charge is -2.23. The number of aliphatic hydroxyl groups excluding tert-OH is 1. The van der Waals surface area contributed by atoms with Crippen LogP contribution in [-0.2, 0) is 36.9 Å². The number of fused-ring (bicyclic) bond motifs is 2. The van der Waals surface area contributed by atoms with Crippen LogP contribution in [0.25, 0.3) is 22.3 Å². The number of H-pyrrole nitrogens is 1. The first-order chi connectivity index (χ1) is 22.0. The Balaban J connectivity index is 1.18. The van der Waals surface area contributed by atoms with Crippen molar-refractivity contribution in [3.05, 3.63) is 29.3 Å². The third-order valence-corrected chi connectivity index (χ3v) is 8.66. The van der Waals surface area contributed by atoms with E-state index in [4.69, 9.17) is 39.2 Å². The Morgan fingerprint density at radius 1 is 1.07 bits per heavy atom. The molecule has 248 valence electrons. The average molecular weight is 707 g/mol. The van der Waals surface area contributed by atoms with Crippen molar-refractivity contribution in [2.75, 3.05) is 30.6 Å². The number of aromatic amines is 1. The van der Waals surface area contributed by atoms with Gasteiger partial charge in [-0.2, -0.15) is 17.6 Å². The molecule has 4 aromatic rings. The third kappa shape index (κ3) is 6.11. The maximum Gasteiger partial charge on any atom is 0.472 e. The van der Waals surface area contributed by atoms with Gasteiger partial charge in [0.15, 0.2) is 41.3 Å². The molecule has 0 aliphatic carbocycles. The van der Waals surface area contributed by atoms with Crippen molar-refractivity contribution in [1.82, 2.24) is 39.0 Å². The Hall–Kier alpha value is -3.21. The fraction of sp³-hybridized carbons (Fsp3) is 0.524. The van der Waals surface area contributed by atoms with Crippen LogP contribution in [0.5, 0.6) is 0 Å². The van der Waals surface area contributed by atoms with Crippen LogP contribution in [0.4, 0.5) is 16.2 Å². The molecule has 6 heterocycles. The number of phosphoric ester groups is 1. The second-order valence-corrected chi connectivity index (χ2v) is 11.9. The zero-order valence-electron chi connectivity index (χ0n) is 23.0. The first-order valence-corrected chi connectivity index (χ1v) is 16.0. The molecule has 0 radical (unpaired) electrons. The fourth-order valence-electron chi connectivity index (χ4n) is 5.13. The zero-order chi connectivity index (χ0) is 32.7. The number of rotatable bonds is 12. The lowest BCUT2D eigenvalue weighted by Crippen LogP contribution is -2.35. The van der Waals surface area contributed by atoms with Gasteiger partial charge in [-0.25, -0.2) is 33.5 Å². The van der Waals surface area contributed by atoms with Gasteiger partial charge in [-0.3, -0.25) is 32.5 Å². The number of halogens is 1. The smallest absolute Gasteiger partial charge is 0.387 e. The molecule has 9 atom stereocenters. The van der Waals surface area contributed by atoms with Crippen LogP contribution in [-0.4, -0.2) is 105 Å². The number of anilines is 2. The standard InChI is InChI=1S/C21H25FN10O11P2S/c22-9-13(8(1-38-6-46)41-19(9)31-4-27-10-15(23)25-3-26-16(10)31)43-45(36,37)39-2-7-12(33)14(42-44-35)20(40-7)32-5-28-11-17(32)29-21(24)30-18(11)34/h3-5,7-9,12-14,19-20,33,46H,1-2,6H2,(H,36,37)(H2,23,25,26)(H3,24,29,30,34). The Morgan fingerprint density at radius 3 is 2.52 bits per heavy atom. The second-order valence-electron chi connectivity index (χ2n) is 9.90. The summed E-state index contributed by atoms with van der Waals surface area (Å²) in [5.74, 6) is -0.271. The summed E-state index contributed by atoms with van der Waals surface area (Å²) in [7, 11) is -5.95. The largest absolute Gasteiger partial charge is 0.472 e. The first-order valence-electron chi connectivity index (χ1n) is 13.1. The quantitative estimate of drug-likeness (QED) is 0.0621. The number of ether oxygens (including phenoxy) is 3. The van der Waals surface area contributed by atoms with Crippen LogP contribution in [0, 0.1) is 0 Å². The molecule has 0 bridgehead atoms. The SMILES string of the molecule is Nc1nc2c(ncn2C2OC(COP(=O)(O)OC3C(COCS)OC(n4cnc5c(N)ncnc54)C3F)C(O)C2OP=O)c(=O)[nH]1. The number of nitrogens with two attached hydrogens (primary N) is 2. The third-order valence-electron chi connectivity index (χ3n) is 7.16. The van der Waals surface area contributed by atoms with E-state index < -0.39 is 77.8 Å². The minimum atomic E-state index is -5.11. The molecule has 2 saturated heterocycles. The number of nitrogen functional groups attached to an aromatic ring is 2. The van der Waals surface area contributed by atoms with Crippen molar-refractivity contribution in [1.29, 1.82) is 0 Å². The van der Waals surface area contributed by atoms with E-state index in [2.05, 4.69) is 42.5 Å². The normalized spacial score (nSPS) is 29.7. The molecule has 7 N–H and O–H groups in total. The summed E-state index contributed by atoms with van der Waals surface area (Å²) in [6, 6.07) is 0. The summed E-state index contributed by atoms with van der Waals surface area (Å²) in [5, 5.41) is 10.9. The molecule has 2 fully saturated rings. The topological polar surface area (TPSA) is 289 Å². The molecule has 21 nitrogen and oxygen atoms in total. The van der Waals surface area contributed by atoms with Crippen molar-refractivity contribution in [2.24, 2.45) is 0 Å². The van der Waals surface area contributed by atoms with E-state index in [1.165, 1.54) is 15.5 Å². The molecular weight excluding hydrogens is 681 g/mol. The van der Waals surface area contributed by atoms with Gasteiger partial charge in [0.05, 0.1) is 31.8 Å². The summed E-state index contributed by atoms with van der Waals surface area (Å²) in [4.78, 5) is 45.1. The van der Waals surface area contributed by atoms with Crippen molar-refractivity contribution in [2.45, 2.75) is 49.1 Å². The van der Waals surface area contributed by atoms with E-state index in [1.54, 1.807) is 0 Å². The Morgan fingerprint density at radius 2 is 1.78 bits per heavy atom. The first kappa shape index (κ1) is 32.7. The Labute approximate surface area is 262 Å². The van der Waals surface area contributed by atoms with Crippen molar-refractivity contribution < 1.29 is 51.3 Å². The van der Waals surface area contributed by atoms with E-state index in [9.17, 15) is 23.9 Å². The average Bonchev–Trinajstić information content (AvgIpc) is 3.77. The number of hydrogen-bond donors (Lipinski definition) is 6. The van der Waals surface area contributed by atoms with E-state index in [1.807, 2.05) is 0 Å². The molecule has 0 aromatic carbocycles. The molecule has 25 heteroatoms. The number of thiol groups is 1. The van der Waals surface area contributed by atoms with Crippen LogP contribution in [0.2, 0.25) is 0 Å². The number of nitrogens with one attached hydrogen (secondary N) is 1. The lowest BCUT2D eigenvalue weighted by molar-refractivity contribution is -0.0625. The molecule has 2 aliphatic rings. The van der Waals surface area contributed by atoms with Gasteiger partial charge in [-0.1, -0.05) is 0 Å². The number of aromatic nitrogens is 8. The van der Waals surface area contributed by atoms with Gasteiger partial charge in [0, 0.05) is 0 Å². The van der Waals surface area contributed by atoms with Crippen LogP contribution in [0.15, 0.2) is 23.8 Å². The molecule has 6 rings (SSSR count). The minimum absolute atomic E-state index is 0.0458. The van der Waals surface area contributed by atoms with Gasteiger partial charge in [-0.15, -0.1) is 0 Å². The van der Waals surface area contributed by atoms with Crippen molar-refractivity contribution in [3.8, 4) is 0 Å². The summed E-state index contributed by atoms with van der Waals surface area (Å²) in [6.45, 7) is -1.08. The van der Waals surface area contributed by atoms with E-state index in [0.717, 1.165) is 12.7 Å². The van der Waals surface area contributed by atoms with Crippen LogP contribution >= 0.6 is 29.1 Å². The summed E-state index contributed by atoms with van der Waals surface area (Å²) >= 11 is 3.96. The van der Waals surface area contributed by atoms with Crippen molar-refractivity contribution >= 4 is 63.2 Å². The van der Waals surface area contributed by atoms with Gasteiger partial charge in [-0.05, 0) is 0 Å². The highest BCUT2D eigenvalue weighted by molar-refractivity contribution is 7.80. The Kier molecular flexibility index (Phi) is 9.33. The Bertz CT molecular complexity index is 1850. The summed E-state index contributed by atoms with van der Waals surface area (Å²) < 4.78 is 75.0. The van der Waals surface area contributed by atoms with Gasteiger partial charge < -0.3 is 35.7 Å². The number of alkyl halides is 1. The summed E-state index contributed by atoms with van der Waals surface area (Å²) in [5.41, 5.74) is 11.0. The van der Waals surface area contributed by atoms with Gasteiger partial charge in [0.1, 0.15) is 42.4 Å². The second kappa shape index (κ2) is 13.1. The fourth-order valence-corrected chi connectivity index (χ4v) is 6.52. The van der Waals surface area contributed by atoms with Gasteiger partial charge >= 0.3 is 16.5 Å². The van der Waals surface area contributed by atoms with Gasteiger partial charge in [0.25, 0.3) is 5.56 Å². The van der Waals surface area contributed by atoms with Crippen molar-refractivity contribution in [3.63, 3.8) is 0 Å². The van der Waals surface area contributed by atoms with Crippen LogP contribution in [0.3, 0.4) is 0 Å². The maximum absolute atomic E-state index is 15.9. The predicted octanol–water partition coefficient (Wildman–Crippen LogP) is -0.384. The molecule has 0 amide bonds. The monoisotopic (exact) mass is 706 g/mol. The molecule has 0 spiro atoms. The molecule has 46 heavy (non-hydrogen) atoms. The summed E-state index contributed by atoms with van der Waals surface area (Å²) in [6.07, 6.45) is -8.56. The minimum Gasteiger partial charge on any atom is -0.387 e. The number of phosphoric acid groups is 1. The van der Waals surface area contributed by atoms with Crippen LogP contribution in [0.1, 0.15) is 12.5 Å². The number of nitrogens with zero attached hydrogens (tertiary/aromatic N) is 7. The molecule has 9 unspecified atom stereocenters. The predicted molar refractivity (Wildman–Crippen MR) is 154 cm³/mol. The van der Waals surface area contributed by atoms with E-state index in [-0.39, 0.29) is 46.6 Å². The highest BCUT2D eigenvalue weighted by atomic mass is 32.1. The number of hydrogen-bond acceptors (Lipinski definition) is 18. The molecule has 2 aliphatic heterocycles. The van der Waals surface area contributed by atoms with E-state index >= 15 is 4.39 Å². The highest BCUT2D eigenvalue weighted by Crippen LogP contribution is 2.50. The number of aliphatic hydroxyl groups is 1. The van der Waals surface area contributed by atoms with Crippen LogP contribution < -0.4 is 17.0 Å². The molecular formula is C21H25FN10O11P2S. The van der Waals surface area contributed by atoms with Gasteiger partial charge in [0.2, 0.25) is 5.95 Å². The zero-order valence-corrected chi connectivity index (χ0v) is 25.7. The van der Waals surface area contributed by atoms with E-state index in [0.29, 0.717) is 0 Å². The highest BCUT2D eigenvalue weighted by Gasteiger charge is 2.52. The molecule has 4 aromatic heterocycles. The molecule has 0 saturated carbocycles.